The number of halogens is 3. The highest BCUT2D eigenvalue weighted by molar-refractivity contribution is 5.76. The summed E-state index contributed by atoms with van der Waals surface area (Å²) in [5.74, 6) is -0.173. The van der Waals surface area contributed by atoms with Crippen LogP contribution in [0.25, 0.3) is 0 Å². The summed E-state index contributed by atoms with van der Waals surface area (Å²) in [5.41, 5.74) is 0. The summed E-state index contributed by atoms with van der Waals surface area (Å²) in [6.07, 6.45) is -2.71. The number of amides is 1. The van der Waals surface area contributed by atoms with Gasteiger partial charge in [0.2, 0.25) is 5.91 Å². The molecular weight excluding hydrogens is 261 g/mol. The molecule has 112 valence electrons. The molecule has 1 amide bonds. The Morgan fingerprint density at radius 1 is 1.37 bits per heavy atom. The molecule has 0 saturated carbocycles. The lowest BCUT2D eigenvalue weighted by Crippen LogP contribution is -2.54. The van der Waals surface area contributed by atoms with Crippen LogP contribution in [0, 0.1) is 0 Å². The summed E-state index contributed by atoms with van der Waals surface area (Å²) < 4.78 is 42.4. The molecule has 2 unspecified atom stereocenters. The predicted molar refractivity (Wildman–Crippen MR) is 64.7 cm³/mol. The lowest BCUT2D eigenvalue weighted by Gasteiger charge is -2.31. The molecule has 4 nitrogen and oxygen atoms in total. The van der Waals surface area contributed by atoms with Gasteiger partial charge in [-0.1, -0.05) is 6.92 Å². The van der Waals surface area contributed by atoms with Crippen LogP contribution in [0.4, 0.5) is 13.2 Å². The molecule has 0 aromatic rings. The van der Waals surface area contributed by atoms with Crippen LogP contribution in [0.15, 0.2) is 0 Å². The quantitative estimate of drug-likeness (QED) is 0.728. The smallest absolute Gasteiger partial charge is 0.381 e. The van der Waals surface area contributed by atoms with Crippen LogP contribution in [-0.4, -0.2) is 43.9 Å². The first-order chi connectivity index (χ1) is 8.93. The average Bonchev–Trinajstić information content (AvgIpc) is 2.34. The molecule has 0 aromatic carbocycles. The number of nitrogens with one attached hydrogen (secondary N) is 2. The molecule has 0 aromatic heterocycles. The van der Waals surface area contributed by atoms with Crippen LogP contribution in [0.3, 0.4) is 0 Å². The molecule has 2 atom stereocenters. The summed E-state index contributed by atoms with van der Waals surface area (Å²) >= 11 is 0. The predicted octanol–water partition coefficient (Wildman–Crippen LogP) is 1.60. The highest BCUT2D eigenvalue weighted by atomic mass is 19.4. The van der Waals surface area contributed by atoms with Crippen LogP contribution >= 0.6 is 0 Å². The van der Waals surface area contributed by atoms with E-state index in [4.69, 9.17) is 4.74 Å². The standard InChI is InChI=1S/C12H21F3N2O2/c1-2-6-19-7-5-11(18)17-9-3-4-10(16-8-9)12(13,14)15/h9-10,16H,2-8H2,1H3,(H,17,18). The van der Waals surface area contributed by atoms with E-state index in [9.17, 15) is 18.0 Å². The van der Waals surface area contributed by atoms with Gasteiger partial charge in [-0.05, 0) is 19.3 Å². The molecule has 2 N–H and O–H groups in total. The molecule has 1 heterocycles. The van der Waals surface area contributed by atoms with E-state index in [1.807, 2.05) is 6.92 Å². The number of alkyl halides is 3. The summed E-state index contributed by atoms with van der Waals surface area (Å²) in [6.45, 7) is 3.10. The van der Waals surface area contributed by atoms with Crippen LogP contribution in [0.2, 0.25) is 0 Å². The average molecular weight is 282 g/mol. The minimum atomic E-state index is -4.21. The lowest BCUT2D eigenvalue weighted by atomic mass is 10.0. The van der Waals surface area contributed by atoms with E-state index in [1.165, 1.54) is 0 Å². The van der Waals surface area contributed by atoms with Crippen LogP contribution < -0.4 is 10.6 Å². The van der Waals surface area contributed by atoms with Crippen molar-refractivity contribution in [3.05, 3.63) is 0 Å². The fourth-order valence-electron chi connectivity index (χ4n) is 1.97. The molecule has 1 aliphatic heterocycles. The van der Waals surface area contributed by atoms with E-state index in [0.717, 1.165) is 6.42 Å². The van der Waals surface area contributed by atoms with Gasteiger partial charge in [-0.2, -0.15) is 13.2 Å². The van der Waals surface area contributed by atoms with Crippen molar-refractivity contribution in [2.75, 3.05) is 19.8 Å². The van der Waals surface area contributed by atoms with Gasteiger partial charge >= 0.3 is 6.18 Å². The second kappa shape index (κ2) is 7.69. The third kappa shape index (κ3) is 6.24. The molecule has 1 saturated heterocycles. The molecule has 0 radical (unpaired) electrons. The Morgan fingerprint density at radius 2 is 2.11 bits per heavy atom. The van der Waals surface area contributed by atoms with Gasteiger partial charge in [0.25, 0.3) is 0 Å². The Kier molecular flexibility index (Phi) is 6.57. The van der Waals surface area contributed by atoms with Gasteiger partial charge in [0.1, 0.15) is 6.04 Å². The van der Waals surface area contributed by atoms with Gasteiger partial charge in [-0.3, -0.25) is 4.79 Å². The first-order valence-corrected chi connectivity index (χ1v) is 6.60. The van der Waals surface area contributed by atoms with Gasteiger partial charge in [0, 0.05) is 25.6 Å². The van der Waals surface area contributed by atoms with E-state index < -0.39 is 12.2 Å². The van der Waals surface area contributed by atoms with E-state index in [1.54, 1.807) is 0 Å². The molecule has 19 heavy (non-hydrogen) atoms. The molecule has 7 heteroatoms. The van der Waals surface area contributed by atoms with Crippen molar-refractivity contribution < 1.29 is 22.7 Å². The fraction of sp³-hybridized carbons (Fsp3) is 0.917. The molecular formula is C12H21F3N2O2. The zero-order valence-corrected chi connectivity index (χ0v) is 11.1. The second-order valence-electron chi connectivity index (χ2n) is 4.71. The monoisotopic (exact) mass is 282 g/mol. The molecule has 1 aliphatic rings. The number of carbonyl (C=O) groups excluding carboxylic acids is 1. The maximum Gasteiger partial charge on any atom is 0.403 e. The third-order valence-electron chi connectivity index (χ3n) is 3.00. The van der Waals surface area contributed by atoms with Gasteiger partial charge in [0.15, 0.2) is 0 Å². The van der Waals surface area contributed by atoms with E-state index in [2.05, 4.69) is 10.6 Å². The van der Waals surface area contributed by atoms with Crippen molar-refractivity contribution in [1.29, 1.82) is 0 Å². The van der Waals surface area contributed by atoms with Crippen molar-refractivity contribution >= 4 is 5.91 Å². The Labute approximate surface area is 111 Å². The Morgan fingerprint density at radius 3 is 2.63 bits per heavy atom. The minimum Gasteiger partial charge on any atom is -0.381 e. The number of rotatable bonds is 6. The van der Waals surface area contributed by atoms with Crippen molar-refractivity contribution in [3.8, 4) is 0 Å². The Bertz CT molecular complexity index is 277. The van der Waals surface area contributed by atoms with Gasteiger partial charge in [-0.15, -0.1) is 0 Å². The normalized spacial score (nSPS) is 24.2. The van der Waals surface area contributed by atoms with Crippen molar-refractivity contribution in [3.63, 3.8) is 0 Å². The second-order valence-corrected chi connectivity index (χ2v) is 4.71. The van der Waals surface area contributed by atoms with Crippen LogP contribution in [0.5, 0.6) is 0 Å². The van der Waals surface area contributed by atoms with Crippen molar-refractivity contribution in [1.82, 2.24) is 10.6 Å². The van der Waals surface area contributed by atoms with Gasteiger partial charge in [-0.25, -0.2) is 0 Å². The number of carbonyl (C=O) groups is 1. The molecule has 1 fully saturated rings. The van der Waals surface area contributed by atoms with E-state index in [0.29, 0.717) is 19.6 Å². The van der Waals surface area contributed by atoms with Crippen molar-refractivity contribution in [2.24, 2.45) is 0 Å². The maximum absolute atomic E-state index is 12.4. The molecule has 0 bridgehead atoms. The van der Waals surface area contributed by atoms with Gasteiger partial charge < -0.3 is 15.4 Å². The zero-order chi connectivity index (χ0) is 14.3. The van der Waals surface area contributed by atoms with E-state index >= 15 is 0 Å². The highest BCUT2D eigenvalue weighted by Gasteiger charge is 2.41. The third-order valence-corrected chi connectivity index (χ3v) is 3.00. The number of piperidine rings is 1. The Hall–Kier alpha value is -0.820. The highest BCUT2D eigenvalue weighted by Crippen LogP contribution is 2.26. The molecule has 0 aliphatic carbocycles. The summed E-state index contributed by atoms with van der Waals surface area (Å²) in [7, 11) is 0. The number of ether oxygens (including phenoxy) is 1. The van der Waals surface area contributed by atoms with Crippen LogP contribution in [0.1, 0.15) is 32.6 Å². The largest absolute Gasteiger partial charge is 0.403 e. The maximum atomic E-state index is 12.4. The molecule has 1 rings (SSSR count). The first kappa shape index (κ1) is 16.2. The number of hydrogen-bond donors (Lipinski definition) is 2. The van der Waals surface area contributed by atoms with Gasteiger partial charge in [0.05, 0.1) is 6.61 Å². The fourth-order valence-corrected chi connectivity index (χ4v) is 1.97. The minimum absolute atomic E-state index is 0.000775. The summed E-state index contributed by atoms with van der Waals surface area (Å²) in [5, 5.41) is 5.14. The lowest BCUT2D eigenvalue weighted by molar-refractivity contribution is -0.161. The topological polar surface area (TPSA) is 50.4 Å². The number of hydrogen-bond acceptors (Lipinski definition) is 3. The Balaban J connectivity index is 2.16. The molecule has 0 spiro atoms. The summed E-state index contributed by atoms with van der Waals surface area (Å²) in [6, 6.07) is -1.68. The van der Waals surface area contributed by atoms with Crippen molar-refractivity contribution in [2.45, 2.75) is 50.9 Å². The SMILES string of the molecule is CCCOCCC(=O)NC1CCC(C(F)(F)F)NC1. The van der Waals surface area contributed by atoms with Crippen LogP contribution in [-0.2, 0) is 9.53 Å². The summed E-state index contributed by atoms with van der Waals surface area (Å²) in [4.78, 5) is 11.5. The first-order valence-electron chi connectivity index (χ1n) is 6.60. The zero-order valence-electron chi connectivity index (χ0n) is 11.1. The van der Waals surface area contributed by atoms with E-state index in [-0.39, 0.29) is 31.3 Å².